The Labute approximate surface area is 107 Å². The summed E-state index contributed by atoms with van der Waals surface area (Å²) in [4.78, 5) is 32.8. The van der Waals surface area contributed by atoms with Gasteiger partial charge >= 0.3 is 11.9 Å². The molecule has 0 fully saturated rings. The number of carboxylic acids is 1. The smallest absolute Gasteiger partial charge is 0.306 e. The molecule has 6 nitrogen and oxygen atoms in total. The summed E-state index contributed by atoms with van der Waals surface area (Å²) in [6.45, 7) is 5.46. The van der Waals surface area contributed by atoms with Gasteiger partial charge in [-0.05, 0) is 27.2 Å². The van der Waals surface area contributed by atoms with Crippen molar-refractivity contribution in [3.8, 4) is 0 Å². The second kappa shape index (κ2) is 7.68. The van der Waals surface area contributed by atoms with Gasteiger partial charge in [-0.15, -0.1) is 0 Å². The molecule has 2 N–H and O–H groups in total. The zero-order chi connectivity index (χ0) is 14.2. The molecule has 0 heterocycles. The number of hydrogen-bond donors (Lipinski definition) is 2. The van der Waals surface area contributed by atoms with Gasteiger partial charge < -0.3 is 15.2 Å². The second-order valence-corrected chi connectivity index (χ2v) is 4.93. The maximum atomic E-state index is 11.3. The zero-order valence-electron chi connectivity index (χ0n) is 11.1. The first-order valence-corrected chi connectivity index (χ1v) is 5.91. The Bertz CT molecular complexity index is 306. The molecule has 0 saturated carbocycles. The van der Waals surface area contributed by atoms with Gasteiger partial charge in [-0.25, -0.2) is 0 Å². The number of carbonyl (C=O) groups is 3. The van der Waals surface area contributed by atoms with Crippen LogP contribution in [0.5, 0.6) is 0 Å². The lowest BCUT2D eigenvalue weighted by atomic mass is 10.2. The van der Waals surface area contributed by atoms with E-state index >= 15 is 0 Å². The van der Waals surface area contributed by atoms with E-state index in [0.717, 1.165) is 0 Å². The fourth-order valence-electron chi connectivity index (χ4n) is 1.18. The van der Waals surface area contributed by atoms with Gasteiger partial charge in [-0.3, -0.25) is 14.4 Å². The van der Waals surface area contributed by atoms with Gasteiger partial charge in [0.05, 0.1) is 6.42 Å². The van der Waals surface area contributed by atoms with Crippen LogP contribution in [-0.2, 0) is 19.1 Å². The SMILES string of the molecule is CC(C)(C)OC(=O)CCCC(=O)NCCC(=O)O. The van der Waals surface area contributed by atoms with E-state index in [4.69, 9.17) is 9.84 Å². The van der Waals surface area contributed by atoms with Crippen LogP contribution in [0.2, 0.25) is 0 Å². The lowest BCUT2D eigenvalue weighted by molar-refractivity contribution is -0.154. The van der Waals surface area contributed by atoms with E-state index in [1.54, 1.807) is 20.8 Å². The van der Waals surface area contributed by atoms with Crippen LogP contribution in [0.4, 0.5) is 0 Å². The summed E-state index contributed by atoms with van der Waals surface area (Å²) in [5, 5.41) is 10.8. The monoisotopic (exact) mass is 259 g/mol. The van der Waals surface area contributed by atoms with Crippen molar-refractivity contribution >= 4 is 17.8 Å². The summed E-state index contributed by atoms with van der Waals surface area (Å²) in [7, 11) is 0. The van der Waals surface area contributed by atoms with Crippen LogP contribution < -0.4 is 5.32 Å². The first kappa shape index (κ1) is 16.4. The molecule has 6 heteroatoms. The minimum absolute atomic E-state index is 0.0994. The Morgan fingerprint density at radius 2 is 1.72 bits per heavy atom. The predicted octanol–water partition coefficient (Wildman–Crippen LogP) is 1.09. The number of carbonyl (C=O) groups excluding carboxylic acids is 2. The summed E-state index contributed by atoms with van der Waals surface area (Å²) >= 11 is 0. The molecule has 0 aromatic rings. The topological polar surface area (TPSA) is 92.7 Å². The van der Waals surface area contributed by atoms with Crippen LogP contribution >= 0.6 is 0 Å². The number of carboxylic acid groups (broad SMARTS) is 1. The predicted molar refractivity (Wildman–Crippen MR) is 65.0 cm³/mol. The largest absolute Gasteiger partial charge is 0.481 e. The van der Waals surface area contributed by atoms with Gasteiger partial charge in [0.15, 0.2) is 0 Å². The molecular weight excluding hydrogens is 238 g/mol. The molecule has 0 spiro atoms. The third-order valence-electron chi connectivity index (χ3n) is 1.87. The van der Waals surface area contributed by atoms with E-state index in [1.807, 2.05) is 0 Å². The summed E-state index contributed by atoms with van der Waals surface area (Å²) in [5.74, 6) is -1.54. The summed E-state index contributed by atoms with van der Waals surface area (Å²) in [6.07, 6.45) is 0.675. The van der Waals surface area contributed by atoms with Crippen molar-refractivity contribution in [1.82, 2.24) is 5.32 Å². The van der Waals surface area contributed by atoms with Crippen molar-refractivity contribution in [3.05, 3.63) is 0 Å². The van der Waals surface area contributed by atoms with Crippen molar-refractivity contribution in [2.45, 2.75) is 52.1 Å². The third-order valence-corrected chi connectivity index (χ3v) is 1.87. The number of nitrogens with one attached hydrogen (secondary N) is 1. The molecule has 0 bridgehead atoms. The second-order valence-electron chi connectivity index (χ2n) is 4.93. The van der Waals surface area contributed by atoms with Crippen LogP contribution in [0.15, 0.2) is 0 Å². The first-order valence-electron chi connectivity index (χ1n) is 5.91. The minimum Gasteiger partial charge on any atom is -0.481 e. The molecule has 0 aliphatic carbocycles. The fourth-order valence-corrected chi connectivity index (χ4v) is 1.18. The van der Waals surface area contributed by atoms with Crippen LogP contribution in [0.25, 0.3) is 0 Å². The number of aliphatic carboxylic acids is 1. The molecule has 104 valence electrons. The molecule has 0 aliphatic rings. The number of hydrogen-bond acceptors (Lipinski definition) is 4. The van der Waals surface area contributed by atoms with Crippen molar-refractivity contribution in [2.24, 2.45) is 0 Å². The number of amides is 1. The maximum absolute atomic E-state index is 11.3. The van der Waals surface area contributed by atoms with Crippen LogP contribution in [-0.4, -0.2) is 35.1 Å². The molecule has 0 unspecified atom stereocenters. The lowest BCUT2D eigenvalue weighted by Crippen LogP contribution is -2.26. The molecule has 0 radical (unpaired) electrons. The van der Waals surface area contributed by atoms with Crippen LogP contribution in [0.1, 0.15) is 46.5 Å². The van der Waals surface area contributed by atoms with Crippen molar-refractivity contribution < 1.29 is 24.2 Å². The van der Waals surface area contributed by atoms with Gasteiger partial charge in [0.1, 0.15) is 5.60 Å². The first-order chi connectivity index (χ1) is 8.20. The summed E-state index contributed by atoms with van der Waals surface area (Å²) in [5.41, 5.74) is -0.513. The Balaban J connectivity index is 3.62. The van der Waals surface area contributed by atoms with Gasteiger partial charge in [-0.2, -0.15) is 0 Å². The lowest BCUT2D eigenvalue weighted by Gasteiger charge is -2.19. The number of esters is 1. The number of rotatable bonds is 7. The van der Waals surface area contributed by atoms with E-state index in [9.17, 15) is 14.4 Å². The van der Waals surface area contributed by atoms with Gasteiger partial charge in [0.2, 0.25) is 5.91 Å². The molecule has 0 aromatic heterocycles. The van der Waals surface area contributed by atoms with E-state index < -0.39 is 11.6 Å². The Hall–Kier alpha value is -1.59. The van der Waals surface area contributed by atoms with E-state index in [0.29, 0.717) is 6.42 Å². The van der Waals surface area contributed by atoms with Gasteiger partial charge in [-0.1, -0.05) is 0 Å². The maximum Gasteiger partial charge on any atom is 0.306 e. The average Bonchev–Trinajstić information content (AvgIpc) is 2.13. The highest BCUT2D eigenvalue weighted by molar-refractivity contribution is 5.77. The van der Waals surface area contributed by atoms with Crippen LogP contribution in [0, 0.1) is 0 Å². The van der Waals surface area contributed by atoms with Crippen molar-refractivity contribution in [1.29, 1.82) is 0 Å². The highest BCUT2D eigenvalue weighted by Gasteiger charge is 2.16. The van der Waals surface area contributed by atoms with Gasteiger partial charge in [0, 0.05) is 19.4 Å². The average molecular weight is 259 g/mol. The Kier molecular flexibility index (Phi) is 7.00. The van der Waals surface area contributed by atoms with Crippen molar-refractivity contribution in [3.63, 3.8) is 0 Å². The molecule has 0 aliphatic heterocycles. The zero-order valence-corrected chi connectivity index (χ0v) is 11.1. The molecule has 0 rings (SSSR count). The summed E-state index contributed by atoms with van der Waals surface area (Å²) in [6, 6.07) is 0. The van der Waals surface area contributed by atoms with E-state index in [1.165, 1.54) is 0 Å². The highest BCUT2D eigenvalue weighted by Crippen LogP contribution is 2.09. The third kappa shape index (κ3) is 10.9. The summed E-state index contributed by atoms with van der Waals surface area (Å²) < 4.78 is 5.08. The molecular formula is C12H21NO5. The molecule has 0 saturated heterocycles. The molecule has 0 atom stereocenters. The van der Waals surface area contributed by atoms with Crippen molar-refractivity contribution in [2.75, 3.05) is 6.54 Å². The minimum atomic E-state index is -0.955. The highest BCUT2D eigenvalue weighted by atomic mass is 16.6. The Morgan fingerprint density at radius 1 is 1.11 bits per heavy atom. The fraction of sp³-hybridized carbons (Fsp3) is 0.750. The standard InChI is InChI=1S/C12H21NO5/c1-12(2,3)18-11(17)6-4-5-9(14)13-8-7-10(15)16/h4-8H2,1-3H3,(H,13,14)(H,15,16). The number of ether oxygens (including phenoxy) is 1. The van der Waals surface area contributed by atoms with Crippen LogP contribution in [0.3, 0.4) is 0 Å². The van der Waals surface area contributed by atoms with Gasteiger partial charge in [0.25, 0.3) is 0 Å². The van der Waals surface area contributed by atoms with E-state index in [2.05, 4.69) is 5.32 Å². The molecule has 18 heavy (non-hydrogen) atoms. The Morgan fingerprint density at radius 3 is 2.22 bits per heavy atom. The normalized spacial score (nSPS) is 10.8. The quantitative estimate of drug-likeness (QED) is 0.667. The van der Waals surface area contributed by atoms with E-state index in [-0.39, 0.29) is 37.7 Å². The molecule has 1 amide bonds. The molecule has 0 aromatic carbocycles.